The summed E-state index contributed by atoms with van der Waals surface area (Å²) in [6, 6.07) is 9.11. The van der Waals surface area contributed by atoms with E-state index in [4.69, 9.17) is 14.4 Å². The quantitative estimate of drug-likeness (QED) is 0.513. The molecule has 8 heteroatoms. The Kier molecular flexibility index (Phi) is 6.03. The second-order valence-electron chi connectivity index (χ2n) is 5.80. The van der Waals surface area contributed by atoms with E-state index in [1.807, 2.05) is 30.3 Å². The number of rotatable bonds is 9. The van der Waals surface area contributed by atoms with Crippen LogP contribution in [0.4, 0.5) is 4.79 Å². The normalized spacial score (nSPS) is 24.0. The van der Waals surface area contributed by atoms with Crippen LogP contribution in [0.25, 0.3) is 0 Å². The van der Waals surface area contributed by atoms with E-state index in [2.05, 4.69) is 11.9 Å². The molecule has 3 atom stereocenters. The van der Waals surface area contributed by atoms with Crippen molar-refractivity contribution in [3.8, 4) is 0 Å². The van der Waals surface area contributed by atoms with Crippen molar-refractivity contribution in [1.29, 1.82) is 0 Å². The molecule has 25 heavy (non-hydrogen) atoms. The largest absolute Gasteiger partial charge is 0.481 e. The maximum atomic E-state index is 13.2. The Morgan fingerprint density at radius 1 is 1.44 bits per heavy atom. The number of alkyl carbamates (subject to hydrolysis) is 1. The Bertz CT molecular complexity index is 692. The van der Waals surface area contributed by atoms with Crippen LogP contribution in [0.3, 0.4) is 0 Å². The van der Waals surface area contributed by atoms with Crippen LogP contribution >= 0.6 is 7.37 Å². The summed E-state index contributed by atoms with van der Waals surface area (Å²) >= 11 is 0. The molecule has 1 saturated carbocycles. The number of nitrogens with one attached hydrogen (secondary N) is 1. The zero-order valence-corrected chi connectivity index (χ0v) is 14.9. The molecule has 0 spiro atoms. The fourth-order valence-electron chi connectivity index (χ4n) is 2.80. The summed E-state index contributed by atoms with van der Waals surface area (Å²) in [6.45, 7) is 5.42. The van der Waals surface area contributed by atoms with E-state index in [0.717, 1.165) is 5.56 Å². The summed E-state index contributed by atoms with van der Waals surface area (Å²) in [4.78, 5) is 23.3. The van der Waals surface area contributed by atoms with Gasteiger partial charge in [0.25, 0.3) is 0 Å². The molecule has 3 unspecified atom stereocenters. The molecule has 1 aromatic rings. The van der Waals surface area contributed by atoms with Crippen LogP contribution in [0.1, 0.15) is 18.9 Å². The third kappa shape index (κ3) is 4.30. The zero-order chi connectivity index (χ0) is 18.5. The SMILES string of the molecule is C=CC1CC1(NC(=O)OCc1ccccc1)P(=O)(CC(=O)O)OCC. The first-order valence-corrected chi connectivity index (χ1v) is 9.75. The van der Waals surface area contributed by atoms with E-state index in [1.54, 1.807) is 13.0 Å². The number of carbonyl (C=O) groups is 2. The fraction of sp³-hybridized carbons (Fsp3) is 0.412. The Morgan fingerprint density at radius 2 is 2.12 bits per heavy atom. The lowest BCUT2D eigenvalue weighted by atomic mass is 10.2. The molecule has 0 heterocycles. The molecule has 7 nitrogen and oxygen atoms in total. The monoisotopic (exact) mass is 367 g/mol. The number of carboxylic acids is 1. The van der Waals surface area contributed by atoms with Gasteiger partial charge in [-0.05, 0) is 18.9 Å². The number of ether oxygens (including phenoxy) is 1. The first kappa shape index (κ1) is 19.2. The van der Waals surface area contributed by atoms with Gasteiger partial charge in [-0.1, -0.05) is 36.4 Å². The lowest BCUT2D eigenvalue weighted by Gasteiger charge is -2.27. The number of hydrogen-bond acceptors (Lipinski definition) is 5. The van der Waals surface area contributed by atoms with Gasteiger partial charge in [-0.2, -0.15) is 0 Å². The van der Waals surface area contributed by atoms with Gasteiger partial charge in [-0.25, -0.2) is 4.79 Å². The van der Waals surface area contributed by atoms with Gasteiger partial charge in [0.2, 0.25) is 7.37 Å². The maximum Gasteiger partial charge on any atom is 0.408 e. The summed E-state index contributed by atoms with van der Waals surface area (Å²) in [5, 5.41) is 10.4. The molecule has 0 aliphatic heterocycles. The highest BCUT2D eigenvalue weighted by Crippen LogP contribution is 2.72. The fourth-order valence-corrected chi connectivity index (χ4v) is 5.52. The Hall–Kier alpha value is -2.11. The first-order valence-electron chi connectivity index (χ1n) is 7.94. The Morgan fingerprint density at radius 3 is 2.64 bits per heavy atom. The molecule has 0 radical (unpaired) electrons. The highest BCUT2D eigenvalue weighted by molar-refractivity contribution is 7.62. The number of carboxylic acid groups (broad SMARTS) is 1. The molecule has 136 valence electrons. The molecule has 1 amide bonds. The summed E-state index contributed by atoms with van der Waals surface area (Å²) in [7, 11) is -3.67. The van der Waals surface area contributed by atoms with Crippen molar-refractivity contribution in [3.05, 3.63) is 48.6 Å². The molecule has 2 rings (SSSR count). The van der Waals surface area contributed by atoms with Crippen molar-refractivity contribution in [2.24, 2.45) is 5.92 Å². The average molecular weight is 367 g/mol. The van der Waals surface area contributed by atoms with Gasteiger partial charge < -0.3 is 19.7 Å². The number of carbonyl (C=O) groups excluding carboxylic acids is 1. The molecule has 0 bridgehead atoms. The topological polar surface area (TPSA) is 102 Å². The van der Waals surface area contributed by atoms with Gasteiger partial charge in [0.1, 0.15) is 18.0 Å². The van der Waals surface area contributed by atoms with E-state index >= 15 is 0 Å². The summed E-state index contributed by atoms with van der Waals surface area (Å²) < 4.78 is 23.7. The predicted molar refractivity (Wildman–Crippen MR) is 92.5 cm³/mol. The summed E-state index contributed by atoms with van der Waals surface area (Å²) in [6.07, 6.45) is 0.426. The second-order valence-corrected chi connectivity index (χ2v) is 8.52. The van der Waals surface area contributed by atoms with E-state index < -0.39 is 30.9 Å². The second kappa shape index (κ2) is 7.85. The minimum absolute atomic E-state index is 0.0549. The van der Waals surface area contributed by atoms with Gasteiger partial charge in [0.15, 0.2) is 0 Å². The van der Waals surface area contributed by atoms with Gasteiger partial charge in [0, 0.05) is 5.92 Å². The lowest BCUT2D eigenvalue weighted by Crippen LogP contribution is -2.40. The van der Waals surface area contributed by atoms with Crippen molar-refractivity contribution in [1.82, 2.24) is 5.32 Å². The van der Waals surface area contributed by atoms with Crippen molar-refractivity contribution >= 4 is 19.4 Å². The number of benzene rings is 1. The third-order valence-electron chi connectivity index (χ3n) is 4.09. The standard InChI is InChI=1S/C17H22NO6P/c1-3-14-10-17(14,25(22,24-4-2)12-15(19)20)18-16(21)23-11-13-8-6-5-7-9-13/h3,5-9,14H,1,4,10-12H2,2H3,(H,18,21)(H,19,20). The first-order chi connectivity index (χ1) is 11.9. The summed E-state index contributed by atoms with van der Waals surface area (Å²) in [5.41, 5.74) is 0.807. The molecule has 0 saturated heterocycles. The number of aliphatic carboxylic acids is 1. The van der Waals surface area contributed by atoms with Crippen LogP contribution in [0.2, 0.25) is 0 Å². The van der Waals surface area contributed by atoms with Crippen LogP contribution in [0.15, 0.2) is 43.0 Å². The van der Waals surface area contributed by atoms with Gasteiger partial charge in [0.05, 0.1) is 6.61 Å². The third-order valence-corrected chi connectivity index (χ3v) is 7.29. The van der Waals surface area contributed by atoms with Crippen LogP contribution in [0, 0.1) is 5.92 Å². The Balaban J connectivity index is 2.11. The zero-order valence-electron chi connectivity index (χ0n) is 14.0. The van der Waals surface area contributed by atoms with Crippen molar-refractivity contribution in [2.75, 3.05) is 12.8 Å². The van der Waals surface area contributed by atoms with Crippen LogP contribution in [-0.2, 0) is 25.2 Å². The van der Waals surface area contributed by atoms with E-state index in [-0.39, 0.29) is 19.1 Å². The minimum atomic E-state index is -3.67. The molecule has 2 N–H and O–H groups in total. The molecule has 1 aliphatic carbocycles. The Labute approximate surface area is 146 Å². The highest BCUT2D eigenvalue weighted by atomic mass is 31.2. The molecular weight excluding hydrogens is 345 g/mol. The van der Waals surface area contributed by atoms with Crippen molar-refractivity contribution in [3.63, 3.8) is 0 Å². The number of hydrogen-bond donors (Lipinski definition) is 2. The smallest absolute Gasteiger partial charge is 0.408 e. The molecule has 1 fully saturated rings. The molecule has 1 aromatic carbocycles. The highest BCUT2D eigenvalue weighted by Gasteiger charge is 2.67. The van der Waals surface area contributed by atoms with Crippen LogP contribution in [0.5, 0.6) is 0 Å². The maximum absolute atomic E-state index is 13.2. The molecular formula is C17H22NO6P. The molecule has 0 aromatic heterocycles. The van der Waals surface area contributed by atoms with Crippen LogP contribution < -0.4 is 5.32 Å². The predicted octanol–water partition coefficient (Wildman–Crippen LogP) is 3.21. The lowest BCUT2D eigenvalue weighted by molar-refractivity contribution is -0.134. The number of amides is 1. The van der Waals surface area contributed by atoms with Gasteiger partial charge >= 0.3 is 12.1 Å². The van der Waals surface area contributed by atoms with Crippen molar-refractivity contribution < 1.29 is 28.5 Å². The summed E-state index contributed by atoms with van der Waals surface area (Å²) in [5.74, 6) is -1.57. The van der Waals surface area contributed by atoms with Gasteiger partial charge in [-0.15, -0.1) is 6.58 Å². The van der Waals surface area contributed by atoms with E-state index in [1.165, 1.54) is 0 Å². The van der Waals surface area contributed by atoms with Crippen molar-refractivity contribution in [2.45, 2.75) is 25.2 Å². The average Bonchev–Trinajstić information content (AvgIpc) is 3.28. The minimum Gasteiger partial charge on any atom is -0.481 e. The van der Waals surface area contributed by atoms with Gasteiger partial charge in [-0.3, -0.25) is 9.36 Å². The molecule has 1 aliphatic rings. The van der Waals surface area contributed by atoms with Crippen LogP contribution in [-0.4, -0.2) is 35.2 Å². The van der Waals surface area contributed by atoms with E-state index in [0.29, 0.717) is 6.42 Å². The van der Waals surface area contributed by atoms with E-state index in [9.17, 15) is 14.2 Å².